The van der Waals surface area contributed by atoms with E-state index in [1.807, 2.05) is 18.5 Å². The SMILES string of the molecule is C[C@@H](NC(=O)C1CC1)c1nnc(SCCOc2ccc(F)cc2)n1C. The van der Waals surface area contributed by atoms with Gasteiger partial charge in [-0.2, -0.15) is 0 Å². The van der Waals surface area contributed by atoms with Gasteiger partial charge in [-0.05, 0) is 44.0 Å². The standard InChI is InChI=1S/C17H21FN4O2S/c1-11(19-16(23)12-3-4-12)15-20-21-17(22(15)2)25-10-9-24-14-7-5-13(18)6-8-14/h5-8,11-12H,3-4,9-10H2,1-2H3,(H,19,23)/t11-/m1/s1. The van der Waals surface area contributed by atoms with Crippen LogP contribution in [0, 0.1) is 11.7 Å². The molecular formula is C17H21FN4O2S. The van der Waals surface area contributed by atoms with Crippen LogP contribution in [-0.2, 0) is 11.8 Å². The summed E-state index contributed by atoms with van der Waals surface area (Å²) in [5.41, 5.74) is 0. The van der Waals surface area contributed by atoms with Gasteiger partial charge in [0.2, 0.25) is 5.91 Å². The molecule has 3 rings (SSSR count). The Labute approximate surface area is 150 Å². The van der Waals surface area contributed by atoms with Crippen LogP contribution in [0.25, 0.3) is 0 Å². The van der Waals surface area contributed by atoms with Crippen LogP contribution in [0.2, 0.25) is 0 Å². The van der Waals surface area contributed by atoms with Gasteiger partial charge in [0.05, 0.1) is 12.6 Å². The van der Waals surface area contributed by atoms with E-state index >= 15 is 0 Å². The number of nitrogens with zero attached hydrogens (tertiary/aromatic N) is 3. The molecule has 1 atom stereocenters. The molecule has 1 heterocycles. The van der Waals surface area contributed by atoms with Gasteiger partial charge < -0.3 is 14.6 Å². The Hall–Kier alpha value is -2.09. The quantitative estimate of drug-likeness (QED) is 0.576. The number of nitrogens with one attached hydrogen (secondary N) is 1. The first-order valence-corrected chi connectivity index (χ1v) is 9.24. The molecule has 0 spiro atoms. The Kier molecular flexibility index (Phi) is 5.57. The Balaban J connectivity index is 1.47. The zero-order valence-electron chi connectivity index (χ0n) is 14.2. The second-order valence-electron chi connectivity index (χ2n) is 6.06. The summed E-state index contributed by atoms with van der Waals surface area (Å²) in [5.74, 6) is 2.04. The Morgan fingerprint density at radius 1 is 1.40 bits per heavy atom. The average molecular weight is 364 g/mol. The highest BCUT2D eigenvalue weighted by molar-refractivity contribution is 7.99. The lowest BCUT2D eigenvalue weighted by atomic mass is 10.3. The summed E-state index contributed by atoms with van der Waals surface area (Å²) < 4.78 is 20.3. The lowest BCUT2D eigenvalue weighted by molar-refractivity contribution is -0.123. The minimum absolute atomic E-state index is 0.0948. The van der Waals surface area contributed by atoms with Crippen LogP contribution in [-0.4, -0.2) is 33.0 Å². The molecule has 25 heavy (non-hydrogen) atoms. The summed E-state index contributed by atoms with van der Waals surface area (Å²) in [6, 6.07) is 5.77. The molecule has 134 valence electrons. The number of amides is 1. The van der Waals surface area contributed by atoms with Crippen molar-refractivity contribution < 1.29 is 13.9 Å². The smallest absolute Gasteiger partial charge is 0.223 e. The molecule has 8 heteroatoms. The second kappa shape index (κ2) is 7.86. The molecular weight excluding hydrogens is 343 g/mol. The van der Waals surface area contributed by atoms with Crippen molar-refractivity contribution >= 4 is 17.7 Å². The first-order valence-electron chi connectivity index (χ1n) is 8.25. The largest absolute Gasteiger partial charge is 0.493 e. The lowest BCUT2D eigenvalue weighted by Crippen LogP contribution is -2.29. The molecule has 1 aliphatic rings. The number of hydrogen-bond acceptors (Lipinski definition) is 5. The molecule has 0 saturated heterocycles. The van der Waals surface area contributed by atoms with Crippen LogP contribution in [0.4, 0.5) is 4.39 Å². The van der Waals surface area contributed by atoms with Crippen molar-refractivity contribution in [3.05, 3.63) is 35.9 Å². The fourth-order valence-corrected chi connectivity index (χ4v) is 3.13. The number of carbonyl (C=O) groups excluding carboxylic acids is 1. The van der Waals surface area contributed by atoms with Crippen molar-refractivity contribution in [2.75, 3.05) is 12.4 Å². The van der Waals surface area contributed by atoms with Crippen molar-refractivity contribution in [1.29, 1.82) is 0 Å². The van der Waals surface area contributed by atoms with Crippen molar-refractivity contribution in [3.8, 4) is 5.75 Å². The van der Waals surface area contributed by atoms with E-state index in [0.29, 0.717) is 18.1 Å². The molecule has 2 aromatic rings. The van der Waals surface area contributed by atoms with Crippen molar-refractivity contribution in [2.24, 2.45) is 13.0 Å². The van der Waals surface area contributed by atoms with Gasteiger partial charge >= 0.3 is 0 Å². The first-order chi connectivity index (χ1) is 12.0. The summed E-state index contributed by atoms with van der Waals surface area (Å²) in [5, 5.41) is 12.1. The maximum Gasteiger partial charge on any atom is 0.223 e. The van der Waals surface area contributed by atoms with Crippen LogP contribution in [0.5, 0.6) is 5.75 Å². The monoisotopic (exact) mass is 364 g/mol. The van der Waals surface area contributed by atoms with Gasteiger partial charge in [0.25, 0.3) is 0 Å². The van der Waals surface area contributed by atoms with E-state index in [9.17, 15) is 9.18 Å². The molecule has 1 aliphatic carbocycles. The number of carbonyl (C=O) groups is 1. The van der Waals surface area contributed by atoms with Gasteiger partial charge in [0.15, 0.2) is 11.0 Å². The average Bonchev–Trinajstić information content (AvgIpc) is 3.38. The van der Waals surface area contributed by atoms with Crippen molar-refractivity contribution in [2.45, 2.75) is 31.0 Å². The second-order valence-corrected chi connectivity index (χ2v) is 7.12. The highest BCUT2D eigenvalue weighted by atomic mass is 32.2. The minimum atomic E-state index is -0.281. The van der Waals surface area contributed by atoms with E-state index in [0.717, 1.165) is 23.8 Å². The summed E-state index contributed by atoms with van der Waals surface area (Å²) in [7, 11) is 1.89. The number of ether oxygens (including phenoxy) is 1. The van der Waals surface area contributed by atoms with Crippen molar-refractivity contribution in [1.82, 2.24) is 20.1 Å². The van der Waals surface area contributed by atoms with Gasteiger partial charge in [0.1, 0.15) is 11.6 Å². The number of halogens is 1. The third-order valence-corrected chi connectivity index (χ3v) is 4.94. The molecule has 1 aromatic heterocycles. The molecule has 6 nitrogen and oxygen atoms in total. The predicted octanol–water partition coefficient (Wildman–Crippen LogP) is 2.71. The summed E-state index contributed by atoms with van der Waals surface area (Å²) in [4.78, 5) is 11.9. The van der Waals surface area contributed by atoms with Crippen LogP contribution in [0.3, 0.4) is 0 Å². The van der Waals surface area contributed by atoms with Crippen molar-refractivity contribution in [3.63, 3.8) is 0 Å². The third-order valence-electron chi connectivity index (χ3n) is 3.96. The fraction of sp³-hybridized carbons (Fsp3) is 0.471. The van der Waals surface area contributed by atoms with Crippen LogP contribution in [0.1, 0.15) is 31.6 Å². The lowest BCUT2D eigenvalue weighted by Gasteiger charge is -2.13. The summed E-state index contributed by atoms with van der Waals surface area (Å²) in [6.07, 6.45) is 1.96. The predicted molar refractivity (Wildman–Crippen MR) is 92.9 cm³/mol. The number of hydrogen-bond donors (Lipinski definition) is 1. The van der Waals surface area contributed by atoms with E-state index < -0.39 is 0 Å². The van der Waals surface area contributed by atoms with Gasteiger partial charge in [-0.25, -0.2) is 4.39 Å². The van der Waals surface area contributed by atoms with Gasteiger partial charge in [-0.1, -0.05) is 11.8 Å². The van der Waals surface area contributed by atoms with Gasteiger partial charge in [-0.15, -0.1) is 10.2 Å². The highest BCUT2D eigenvalue weighted by Gasteiger charge is 2.31. The number of rotatable bonds is 8. The van der Waals surface area contributed by atoms with Gasteiger partial charge in [-0.3, -0.25) is 4.79 Å². The maximum atomic E-state index is 12.8. The van der Waals surface area contributed by atoms with E-state index in [2.05, 4.69) is 15.5 Å². The zero-order valence-corrected chi connectivity index (χ0v) is 15.1. The molecule has 1 aromatic carbocycles. The molecule has 1 amide bonds. The molecule has 0 bridgehead atoms. The Morgan fingerprint density at radius 3 is 2.80 bits per heavy atom. The molecule has 1 fully saturated rings. The number of benzene rings is 1. The molecule has 0 unspecified atom stereocenters. The number of aromatic nitrogens is 3. The molecule has 1 N–H and O–H groups in total. The van der Waals surface area contributed by atoms with Gasteiger partial charge in [0, 0.05) is 18.7 Å². The van der Waals surface area contributed by atoms with Crippen LogP contribution >= 0.6 is 11.8 Å². The van der Waals surface area contributed by atoms with Crippen LogP contribution < -0.4 is 10.1 Å². The molecule has 0 aliphatic heterocycles. The summed E-state index contributed by atoms with van der Waals surface area (Å²) >= 11 is 1.52. The van der Waals surface area contributed by atoms with E-state index in [1.165, 1.54) is 23.9 Å². The molecule has 0 radical (unpaired) electrons. The maximum absolute atomic E-state index is 12.8. The Morgan fingerprint density at radius 2 is 2.12 bits per heavy atom. The number of thioether (sulfide) groups is 1. The van der Waals surface area contributed by atoms with E-state index in [4.69, 9.17) is 4.74 Å². The Bertz CT molecular complexity index is 731. The third kappa shape index (κ3) is 4.72. The van der Waals surface area contributed by atoms with E-state index in [-0.39, 0.29) is 23.7 Å². The van der Waals surface area contributed by atoms with E-state index in [1.54, 1.807) is 12.1 Å². The molecule has 1 saturated carbocycles. The zero-order chi connectivity index (χ0) is 17.8. The fourth-order valence-electron chi connectivity index (χ4n) is 2.39. The summed E-state index contributed by atoms with van der Waals surface area (Å²) in [6.45, 7) is 2.39. The highest BCUT2D eigenvalue weighted by Crippen LogP contribution is 2.29. The minimum Gasteiger partial charge on any atom is -0.493 e. The van der Waals surface area contributed by atoms with Crippen LogP contribution in [0.15, 0.2) is 29.4 Å². The topological polar surface area (TPSA) is 69.0 Å². The normalized spacial score (nSPS) is 15.0. The first kappa shape index (κ1) is 17.7.